The van der Waals surface area contributed by atoms with Gasteiger partial charge < -0.3 is 9.84 Å². The van der Waals surface area contributed by atoms with Crippen LogP contribution in [-0.4, -0.2) is 35.6 Å². The van der Waals surface area contributed by atoms with Crippen LogP contribution in [0.1, 0.15) is 41.0 Å². The molecule has 0 aromatic heterocycles. The summed E-state index contributed by atoms with van der Waals surface area (Å²) in [5.74, 6) is -4.75. The van der Waals surface area contributed by atoms with Gasteiger partial charge in [0.2, 0.25) is 11.8 Å². The van der Waals surface area contributed by atoms with Crippen LogP contribution in [0, 0.1) is 30.6 Å². The van der Waals surface area contributed by atoms with Crippen LogP contribution in [0.5, 0.6) is 11.5 Å². The van der Waals surface area contributed by atoms with Gasteiger partial charge in [-0.25, -0.2) is 4.90 Å². The second-order valence-electron chi connectivity index (χ2n) is 13.6. The number of ketones is 2. The fourth-order valence-electron chi connectivity index (χ4n) is 9.16. The van der Waals surface area contributed by atoms with Gasteiger partial charge in [-0.1, -0.05) is 96.0 Å². The monoisotopic (exact) mass is 683 g/mol. The molecule has 4 aromatic carbocycles. The highest BCUT2D eigenvalue weighted by molar-refractivity contribution is 6.33. The molecule has 1 heterocycles. The first-order valence-electron chi connectivity index (χ1n) is 16.8. The Hall–Kier alpha value is -5.27. The zero-order valence-corrected chi connectivity index (χ0v) is 28.3. The Morgan fingerprint density at radius 1 is 0.860 bits per heavy atom. The number of rotatable bonds is 5. The molecule has 3 aliphatic carbocycles. The Morgan fingerprint density at radius 2 is 1.58 bits per heavy atom. The van der Waals surface area contributed by atoms with Crippen LogP contribution < -0.4 is 9.64 Å². The van der Waals surface area contributed by atoms with Gasteiger partial charge in [0.15, 0.2) is 11.6 Å². The molecule has 4 aromatic rings. The molecule has 1 N–H and O–H groups in total. The van der Waals surface area contributed by atoms with Crippen molar-refractivity contribution in [1.82, 2.24) is 0 Å². The molecular weight excluding hydrogens is 650 g/mol. The number of fused-ring (bicyclic) bond motifs is 4. The number of carbonyl (C=O) groups is 4. The van der Waals surface area contributed by atoms with E-state index in [0.29, 0.717) is 38.7 Å². The number of carbonyl (C=O) groups excluding carboxylic acids is 4. The summed E-state index contributed by atoms with van der Waals surface area (Å²) < 4.78 is 5.85. The molecule has 1 saturated carbocycles. The van der Waals surface area contributed by atoms with Gasteiger partial charge in [-0.15, -0.1) is 0 Å². The summed E-state index contributed by atoms with van der Waals surface area (Å²) in [6, 6.07) is 28.5. The van der Waals surface area contributed by atoms with E-state index in [0.717, 1.165) is 11.1 Å². The molecular formula is C42H34ClNO6. The number of imide groups is 1. The predicted molar refractivity (Wildman–Crippen MR) is 190 cm³/mol. The average molecular weight is 684 g/mol. The number of hydrogen-bond acceptors (Lipinski definition) is 6. The van der Waals surface area contributed by atoms with E-state index >= 15 is 9.59 Å². The van der Waals surface area contributed by atoms with Crippen LogP contribution >= 0.6 is 11.6 Å². The number of nitrogens with zero attached hydrogens (tertiary/aromatic N) is 1. The van der Waals surface area contributed by atoms with Crippen molar-refractivity contribution in [2.24, 2.45) is 23.7 Å². The number of allylic oxidation sites excluding steroid dienone is 4. The van der Waals surface area contributed by atoms with Gasteiger partial charge >= 0.3 is 0 Å². The van der Waals surface area contributed by atoms with Gasteiger partial charge in [-0.3, -0.25) is 19.2 Å². The number of amides is 2. The smallest absolute Gasteiger partial charge is 0.238 e. The van der Waals surface area contributed by atoms with Crippen molar-refractivity contribution in [3.05, 3.63) is 142 Å². The van der Waals surface area contributed by atoms with E-state index in [1.165, 1.54) is 18.1 Å². The van der Waals surface area contributed by atoms with E-state index in [1.54, 1.807) is 36.4 Å². The number of methoxy groups -OCH3 is 1. The highest BCUT2D eigenvalue weighted by Gasteiger charge is 2.66. The van der Waals surface area contributed by atoms with E-state index in [1.807, 2.05) is 73.7 Å². The van der Waals surface area contributed by atoms with Crippen molar-refractivity contribution < 1.29 is 29.0 Å². The zero-order valence-electron chi connectivity index (χ0n) is 27.5. The Morgan fingerprint density at radius 3 is 2.28 bits per heavy atom. The maximum atomic E-state index is 15.2. The van der Waals surface area contributed by atoms with Crippen LogP contribution in [-0.2, 0) is 24.6 Å². The molecule has 0 spiro atoms. The quantitative estimate of drug-likeness (QED) is 0.174. The number of phenols is 1. The molecule has 2 amide bonds. The lowest BCUT2D eigenvalue weighted by atomic mass is 9.44. The van der Waals surface area contributed by atoms with Crippen molar-refractivity contribution in [1.29, 1.82) is 0 Å². The Kier molecular flexibility index (Phi) is 7.64. The maximum absolute atomic E-state index is 15.2. The van der Waals surface area contributed by atoms with Crippen molar-refractivity contribution in [2.75, 3.05) is 12.0 Å². The third-order valence-corrected chi connectivity index (χ3v) is 11.7. The molecule has 6 atom stereocenters. The first kappa shape index (κ1) is 32.0. The van der Waals surface area contributed by atoms with Crippen molar-refractivity contribution >= 4 is 46.2 Å². The Bertz CT molecular complexity index is 2160. The zero-order chi connectivity index (χ0) is 34.9. The first-order chi connectivity index (χ1) is 24.2. The fraction of sp³-hybridized carbons (Fsp3) is 0.238. The minimum absolute atomic E-state index is 0.0880. The summed E-state index contributed by atoms with van der Waals surface area (Å²) >= 11 is 6.46. The summed E-state index contributed by atoms with van der Waals surface area (Å²) in [5, 5.41) is 12.1. The number of hydrogen-bond donors (Lipinski definition) is 1. The number of anilines is 1. The van der Waals surface area contributed by atoms with E-state index in [2.05, 4.69) is 0 Å². The summed E-state index contributed by atoms with van der Waals surface area (Å²) in [6.45, 7) is 1.85. The van der Waals surface area contributed by atoms with Crippen molar-refractivity contribution in [2.45, 2.75) is 31.1 Å². The van der Waals surface area contributed by atoms with Gasteiger partial charge in [-0.05, 0) is 72.7 Å². The molecule has 4 aliphatic rings. The second kappa shape index (κ2) is 12.0. The highest BCUT2D eigenvalue weighted by atomic mass is 35.5. The molecule has 0 radical (unpaired) electrons. The number of benzene rings is 4. The Balaban J connectivity index is 1.38. The summed E-state index contributed by atoms with van der Waals surface area (Å²) in [5.41, 5.74) is 2.42. The summed E-state index contributed by atoms with van der Waals surface area (Å²) in [4.78, 5) is 60.1. The molecule has 250 valence electrons. The third kappa shape index (κ3) is 4.49. The summed E-state index contributed by atoms with van der Waals surface area (Å²) in [6.07, 6.45) is 3.84. The van der Waals surface area contributed by atoms with E-state index in [-0.39, 0.29) is 42.0 Å². The lowest BCUT2D eigenvalue weighted by Crippen LogP contribution is -2.58. The number of phenolic OH excluding ortho intramolecular Hbond substituents is 1. The van der Waals surface area contributed by atoms with Crippen LogP contribution in [0.2, 0.25) is 5.02 Å². The van der Waals surface area contributed by atoms with Crippen molar-refractivity contribution in [3.8, 4) is 11.5 Å². The number of Topliss-reactive ketones (excluding diaryl/α,β-unsaturated/α-hetero) is 1. The van der Waals surface area contributed by atoms with Crippen LogP contribution in [0.15, 0.2) is 115 Å². The minimum atomic E-state index is -1.48. The van der Waals surface area contributed by atoms with Gasteiger partial charge in [0.1, 0.15) is 11.5 Å². The molecule has 8 heteroatoms. The standard InChI is InChI=1S/C42H34ClNO6/c1-23-16-17-26(20-32(23)43)44-40(48)28-19-18-27-30(36(28)41(44)49)21-31-39(47)29(24-10-5-3-6-11-24)22-35(46)42(31,25-12-7-4-8-13-25)38(27)37-33(45)14-9-15-34(37)50-2/h3-18,20,22,28,30-31,36,38,45H,19,21H2,1-2H3/t28-,30+,31-,36-,38+,42-/m0/s1. The number of halogens is 1. The molecule has 8 rings (SSSR count). The van der Waals surface area contributed by atoms with Crippen molar-refractivity contribution in [3.63, 3.8) is 0 Å². The van der Waals surface area contributed by atoms with E-state index in [9.17, 15) is 14.7 Å². The van der Waals surface area contributed by atoms with Gasteiger partial charge in [0.05, 0.1) is 30.0 Å². The van der Waals surface area contributed by atoms with E-state index < -0.39 is 35.0 Å². The van der Waals surface area contributed by atoms with Crippen LogP contribution in [0.4, 0.5) is 5.69 Å². The van der Waals surface area contributed by atoms with Crippen LogP contribution in [0.3, 0.4) is 0 Å². The number of ether oxygens (including phenoxy) is 1. The maximum Gasteiger partial charge on any atom is 0.238 e. The van der Waals surface area contributed by atoms with Gasteiger partial charge in [0.25, 0.3) is 0 Å². The lowest BCUT2D eigenvalue weighted by Gasteiger charge is -2.55. The van der Waals surface area contributed by atoms with Crippen LogP contribution in [0.25, 0.3) is 5.57 Å². The van der Waals surface area contributed by atoms with Gasteiger partial charge in [0, 0.05) is 28.0 Å². The SMILES string of the molecule is COc1cccc(O)c1[C@H]1C2=CC[C@@H]3C(=O)N(c4ccc(C)c(Cl)c4)C(=O)[C@@H]3[C@@H]2C[C@H]2C(=O)C(c3ccccc3)=CC(=O)[C@@]12c1ccccc1. The lowest BCUT2D eigenvalue weighted by molar-refractivity contribution is -0.135. The molecule has 2 fully saturated rings. The second-order valence-corrected chi connectivity index (χ2v) is 14.0. The van der Waals surface area contributed by atoms with E-state index in [4.69, 9.17) is 16.3 Å². The largest absolute Gasteiger partial charge is 0.508 e. The first-order valence-corrected chi connectivity index (χ1v) is 17.2. The topological polar surface area (TPSA) is 101 Å². The van der Waals surface area contributed by atoms with Gasteiger partial charge in [-0.2, -0.15) is 0 Å². The summed E-state index contributed by atoms with van der Waals surface area (Å²) in [7, 11) is 1.50. The fourth-order valence-corrected chi connectivity index (χ4v) is 9.34. The third-order valence-electron chi connectivity index (χ3n) is 11.3. The number of aryl methyl sites for hydroxylation is 1. The number of aromatic hydroxyl groups is 1. The molecule has 1 aliphatic heterocycles. The molecule has 7 nitrogen and oxygen atoms in total. The molecule has 1 saturated heterocycles. The minimum Gasteiger partial charge on any atom is -0.508 e. The predicted octanol–water partition coefficient (Wildman–Crippen LogP) is 7.39. The molecule has 0 bridgehead atoms. The Labute approximate surface area is 294 Å². The molecule has 0 unspecified atom stereocenters. The highest BCUT2D eigenvalue weighted by Crippen LogP contribution is 2.65. The average Bonchev–Trinajstić information content (AvgIpc) is 3.39. The normalized spacial score (nSPS) is 27.3. The molecule has 50 heavy (non-hydrogen) atoms.